The largest absolute Gasteiger partial charge is 0.496 e. The van der Waals surface area contributed by atoms with Gasteiger partial charge >= 0.3 is 12.3 Å². The summed E-state index contributed by atoms with van der Waals surface area (Å²) in [6.45, 7) is 3.14. The van der Waals surface area contributed by atoms with E-state index in [1.54, 1.807) is 18.9 Å². The Kier molecular flexibility index (Phi) is 9.59. The standard InChI is InChI=1S/C21H23F3O4S.CO2/c1-15-12-18(8-9-19(15)25-2)29-14-20(27-10-3-11-28-20)13-26-17-6-4-16(5-7-17)21(22,23)24;2-1-3/h4-9,12H,3,10-11,13-14H2,1-2H3;. The van der Waals surface area contributed by atoms with Crippen LogP contribution in [0.2, 0.25) is 0 Å². The van der Waals surface area contributed by atoms with Gasteiger partial charge in [-0.2, -0.15) is 22.8 Å². The summed E-state index contributed by atoms with van der Waals surface area (Å²) in [4.78, 5) is 17.3. The molecule has 3 rings (SSSR count). The molecule has 0 atom stereocenters. The van der Waals surface area contributed by atoms with E-state index in [1.807, 2.05) is 25.1 Å². The minimum Gasteiger partial charge on any atom is -0.496 e. The van der Waals surface area contributed by atoms with Gasteiger partial charge in [-0.3, -0.25) is 0 Å². The number of aryl methyl sites for hydroxylation is 1. The number of methoxy groups -OCH3 is 1. The minimum atomic E-state index is -4.37. The van der Waals surface area contributed by atoms with E-state index in [0.29, 0.717) is 24.7 Å². The molecule has 1 aliphatic heterocycles. The van der Waals surface area contributed by atoms with Crippen LogP contribution in [0.5, 0.6) is 11.5 Å². The van der Waals surface area contributed by atoms with E-state index in [0.717, 1.165) is 34.8 Å². The first-order chi connectivity index (χ1) is 15.2. The average molecular weight is 472 g/mol. The van der Waals surface area contributed by atoms with Crippen molar-refractivity contribution in [3.8, 4) is 11.5 Å². The number of hydrogen-bond donors (Lipinski definition) is 0. The van der Waals surface area contributed by atoms with Gasteiger partial charge in [-0.25, -0.2) is 0 Å². The van der Waals surface area contributed by atoms with Crippen molar-refractivity contribution < 1.29 is 41.7 Å². The third kappa shape index (κ3) is 7.56. The SMILES string of the molecule is COc1ccc(SCC2(COc3ccc(C(F)(F)F)cc3)OCCCO2)cc1C.O=C=O. The Morgan fingerprint density at radius 2 is 1.72 bits per heavy atom. The Morgan fingerprint density at radius 1 is 1.09 bits per heavy atom. The molecule has 2 aromatic rings. The van der Waals surface area contributed by atoms with E-state index in [2.05, 4.69) is 0 Å². The normalized spacial score (nSPS) is 15.2. The van der Waals surface area contributed by atoms with Crippen LogP contribution in [0.1, 0.15) is 17.5 Å². The van der Waals surface area contributed by atoms with Gasteiger partial charge in [0, 0.05) is 4.90 Å². The van der Waals surface area contributed by atoms with Gasteiger partial charge in [0.05, 0.1) is 31.6 Å². The quantitative estimate of drug-likeness (QED) is 0.539. The van der Waals surface area contributed by atoms with E-state index in [-0.39, 0.29) is 12.8 Å². The molecule has 0 amide bonds. The van der Waals surface area contributed by atoms with Crippen LogP contribution in [0, 0.1) is 6.92 Å². The second-order valence-corrected chi connectivity index (χ2v) is 7.82. The lowest BCUT2D eigenvalue weighted by Gasteiger charge is -2.36. The highest BCUT2D eigenvalue weighted by Crippen LogP contribution is 2.33. The van der Waals surface area contributed by atoms with Crippen LogP contribution in [0.15, 0.2) is 47.4 Å². The second kappa shape index (κ2) is 11.9. The predicted molar refractivity (Wildman–Crippen MR) is 110 cm³/mol. The Bertz CT molecular complexity index is 890. The van der Waals surface area contributed by atoms with Gasteiger partial charge in [0.2, 0.25) is 5.79 Å². The number of halogens is 3. The van der Waals surface area contributed by atoms with Crippen LogP contribution < -0.4 is 9.47 Å². The Hall–Kier alpha value is -2.52. The number of carbonyl (C=O) groups excluding carboxylic acids is 2. The molecule has 1 saturated heterocycles. The van der Waals surface area contributed by atoms with E-state index >= 15 is 0 Å². The van der Waals surface area contributed by atoms with Gasteiger partial charge in [-0.1, -0.05) is 0 Å². The summed E-state index contributed by atoms with van der Waals surface area (Å²) in [5.41, 5.74) is 0.313. The molecule has 1 fully saturated rings. The van der Waals surface area contributed by atoms with E-state index in [1.165, 1.54) is 12.1 Å². The van der Waals surface area contributed by atoms with Crippen LogP contribution in [0.25, 0.3) is 0 Å². The van der Waals surface area contributed by atoms with E-state index in [9.17, 15) is 13.2 Å². The molecule has 0 spiro atoms. The first kappa shape index (κ1) is 25.7. The summed E-state index contributed by atoms with van der Waals surface area (Å²) in [5, 5.41) is 0. The lowest BCUT2D eigenvalue weighted by Crippen LogP contribution is -2.48. The summed E-state index contributed by atoms with van der Waals surface area (Å²) in [7, 11) is 1.63. The Labute approximate surface area is 188 Å². The molecular weight excluding hydrogens is 449 g/mol. The smallest absolute Gasteiger partial charge is 0.416 e. The number of alkyl halides is 3. The number of thioether (sulfide) groups is 1. The summed E-state index contributed by atoms with van der Waals surface area (Å²) < 4.78 is 60.9. The Balaban J connectivity index is 0.00000114. The highest BCUT2D eigenvalue weighted by molar-refractivity contribution is 7.99. The maximum Gasteiger partial charge on any atom is 0.416 e. The molecule has 0 aromatic heterocycles. The van der Waals surface area contributed by atoms with Crippen LogP contribution in [-0.4, -0.2) is 44.6 Å². The zero-order valence-electron chi connectivity index (χ0n) is 17.6. The van der Waals surface area contributed by atoms with Gasteiger partial charge in [0.1, 0.15) is 18.1 Å². The average Bonchev–Trinajstić information content (AvgIpc) is 2.77. The van der Waals surface area contributed by atoms with Crippen molar-refractivity contribution >= 4 is 17.9 Å². The second-order valence-electron chi connectivity index (χ2n) is 6.78. The number of rotatable bonds is 7. The van der Waals surface area contributed by atoms with Crippen LogP contribution in [0.4, 0.5) is 13.2 Å². The molecule has 0 saturated carbocycles. The van der Waals surface area contributed by atoms with Crippen molar-refractivity contribution in [2.45, 2.75) is 30.2 Å². The van der Waals surface area contributed by atoms with Gasteiger partial charge in [-0.15, -0.1) is 11.8 Å². The number of benzene rings is 2. The van der Waals surface area contributed by atoms with Crippen LogP contribution in [0.3, 0.4) is 0 Å². The molecular formula is C22H23F3O6S. The fourth-order valence-electron chi connectivity index (χ4n) is 2.89. The van der Waals surface area contributed by atoms with Crippen molar-refractivity contribution in [3.05, 3.63) is 53.6 Å². The molecule has 0 N–H and O–H groups in total. The van der Waals surface area contributed by atoms with Crippen molar-refractivity contribution in [1.29, 1.82) is 0 Å². The highest BCUT2D eigenvalue weighted by Gasteiger charge is 2.36. The fraction of sp³-hybridized carbons (Fsp3) is 0.409. The molecule has 0 radical (unpaired) electrons. The van der Waals surface area contributed by atoms with Crippen LogP contribution >= 0.6 is 11.8 Å². The van der Waals surface area contributed by atoms with Gasteiger partial charge < -0.3 is 18.9 Å². The van der Waals surface area contributed by atoms with Gasteiger partial charge in [0.25, 0.3) is 0 Å². The van der Waals surface area contributed by atoms with Gasteiger partial charge in [-0.05, 0) is 61.4 Å². The highest BCUT2D eigenvalue weighted by atomic mass is 32.2. The zero-order valence-corrected chi connectivity index (χ0v) is 18.4. The number of hydrogen-bond acceptors (Lipinski definition) is 7. The van der Waals surface area contributed by atoms with Crippen molar-refractivity contribution in [1.82, 2.24) is 0 Å². The topological polar surface area (TPSA) is 71.1 Å². The van der Waals surface area contributed by atoms with Gasteiger partial charge in [0.15, 0.2) is 0 Å². The molecule has 0 aliphatic carbocycles. The molecule has 1 aliphatic rings. The summed E-state index contributed by atoms with van der Waals surface area (Å²) in [5.74, 6) is 0.680. The first-order valence-corrected chi connectivity index (χ1v) is 10.6. The van der Waals surface area contributed by atoms with Crippen molar-refractivity contribution in [3.63, 3.8) is 0 Å². The molecule has 0 unspecified atom stereocenters. The lowest BCUT2D eigenvalue weighted by atomic mass is 10.2. The third-order valence-corrected chi connectivity index (χ3v) is 5.66. The zero-order chi connectivity index (χ0) is 23.6. The van der Waals surface area contributed by atoms with Crippen molar-refractivity contribution in [2.75, 3.05) is 32.7 Å². The lowest BCUT2D eigenvalue weighted by molar-refractivity contribution is -0.263. The molecule has 6 nitrogen and oxygen atoms in total. The van der Waals surface area contributed by atoms with Crippen molar-refractivity contribution in [2.24, 2.45) is 0 Å². The summed E-state index contributed by atoms with van der Waals surface area (Å²) >= 11 is 1.57. The number of ether oxygens (including phenoxy) is 4. The third-order valence-electron chi connectivity index (χ3n) is 4.48. The van der Waals surface area contributed by atoms with E-state index < -0.39 is 17.5 Å². The minimum absolute atomic E-state index is 0.0838. The maximum absolute atomic E-state index is 12.7. The molecule has 2 aromatic carbocycles. The predicted octanol–water partition coefficient (Wildman–Crippen LogP) is 4.74. The fourth-order valence-corrected chi connectivity index (χ4v) is 3.95. The molecule has 1 heterocycles. The molecule has 10 heteroatoms. The Morgan fingerprint density at radius 3 is 2.25 bits per heavy atom. The van der Waals surface area contributed by atoms with Crippen LogP contribution in [-0.2, 0) is 25.2 Å². The summed E-state index contributed by atoms with van der Waals surface area (Å²) in [6, 6.07) is 10.5. The molecule has 174 valence electrons. The maximum atomic E-state index is 12.7. The molecule has 0 bridgehead atoms. The first-order valence-electron chi connectivity index (χ1n) is 9.58. The monoisotopic (exact) mass is 472 g/mol. The molecule has 32 heavy (non-hydrogen) atoms. The summed E-state index contributed by atoms with van der Waals surface area (Å²) in [6.07, 6.45) is -3.34. The van der Waals surface area contributed by atoms with E-state index in [4.69, 9.17) is 28.5 Å².